The number of halogens is 10. The molecule has 0 heterocycles. The van der Waals surface area contributed by atoms with Crippen molar-refractivity contribution in [1.82, 2.24) is 0 Å². The third-order valence-electron chi connectivity index (χ3n) is 2.94. The fourth-order valence-electron chi connectivity index (χ4n) is 1.89. The van der Waals surface area contributed by atoms with E-state index in [1.807, 2.05) is 0 Å². The number of fused-ring (bicyclic) bond motifs is 1. The van der Waals surface area contributed by atoms with Crippen LogP contribution >= 0.6 is 0 Å². The van der Waals surface area contributed by atoms with E-state index in [1.54, 1.807) is 0 Å². The lowest BCUT2D eigenvalue weighted by atomic mass is 9.68. The van der Waals surface area contributed by atoms with Gasteiger partial charge in [-0.1, -0.05) is 0 Å². The second kappa shape index (κ2) is 3.89. The molecule has 1 aromatic rings. The minimum absolute atomic E-state index is 2.02. The van der Waals surface area contributed by atoms with Crippen LogP contribution in [0.25, 0.3) is 0 Å². The molecule has 0 radical (unpaired) electrons. The van der Waals surface area contributed by atoms with Crippen LogP contribution in [0.5, 0.6) is 0 Å². The standard InChI is InChI=1S/C10F10O/c11-3-1-2(4(12)6(14)5(3)13)8(15,7(1)21)9(16,17)10(18,19)20. The van der Waals surface area contributed by atoms with E-state index in [0.717, 1.165) is 0 Å². The van der Waals surface area contributed by atoms with Crippen molar-refractivity contribution in [3.63, 3.8) is 0 Å². The van der Waals surface area contributed by atoms with Crippen molar-refractivity contribution in [3.05, 3.63) is 34.4 Å². The van der Waals surface area contributed by atoms with E-state index in [2.05, 4.69) is 0 Å². The highest BCUT2D eigenvalue weighted by atomic mass is 19.4. The highest BCUT2D eigenvalue weighted by molar-refractivity contribution is 6.13. The summed E-state index contributed by atoms with van der Waals surface area (Å²) in [6, 6.07) is 0. The summed E-state index contributed by atoms with van der Waals surface area (Å²) in [5.41, 5.74) is -9.87. The predicted molar refractivity (Wildman–Crippen MR) is 44.4 cm³/mol. The molecule has 0 N–H and O–H groups in total. The summed E-state index contributed by atoms with van der Waals surface area (Å²) in [4.78, 5) is 11.1. The first-order valence-electron chi connectivity index (χ1n) is 4.84. The zero-order valence-corrected chi connectivity index (χ0v) is 9.19. The van der Waals surface area contributed by atoms with Crippen LogP contribution in [0.1, 0.15) is 15.9 Å². The second-order valence-electron chi connectivity index (χ2n) is 4.07. The van der Waals surface area contributed by atoms with Gasteiger partial charge in [-0.3, -0.25) is 4.79 Å². The number of rotatable bonds is 1. The summed E-state index contributed by atoms with van der Waals surface area (Å²) in [5.74, 6) is -20.1. The van der Waals surface area contributed by atoms with Gasteiger partial charge in [-0.25, -0.2) is 22.0 Å². The SMILES string of the molecule is O=C1c2c(F)c(F)c(F)c(F)c2C1(F)C(F)(F)C(F)(F)F. The number of hydrogen-bond acceptors (Lipinski definition) is 1. The van der Waals surface area contributed by atoms with Crippen molar-refractivity contribution in [2.45, 2.75) is 17.8 Å². The van der Waals surface area contributed by atoms with Crippen LogP contribution in [0, 0.1) is 23.3 Å². The van der Waals surface area contributed by atoms with Gasteiger partial charge in [0.05, 0.1) is 11.1 Å². The van der Waals surface area contributed by atoms with E-state index >= 15 is 0 Å². The average Bonchev–Trinajstić information content (AvgIpc) is 2.37. The molecule has 1 aromatic carbocycles. The molecule has 0 fully saturated rings. The number of alkyl halides is 6. The predicted octanol–water partition coefficient (Wildman–Crippen LogP) is 3.80. The lowest BCUT2D eigenvalue weighted by molar-refractivity contribution is -0.322. The van der Waals surface area contributed by atoms with Gasteiger partial charge in [0.25, 0.3) is 5.67 Å². The molecular weight excluding hydrogens is 326 g/mol. The smallest absolute Gasteiger partial charge is 0.290 e. The molecule has 1 nitrogen and oxygen atoms in total. The number of hydrogen-bond donors (Lipinski definition) is 0. The third-order valence-corrected chi connectivity index (χ3v) is 2.94. The Morgan fingerprint density at radius 3 is 1.62 bits per heavy atom. The Morgan fingerprint density at radius 2 is 1.19 bits per heavy atom. The normalized spacial score (nSPS) is 22.1. The maximum Gasteiger partial charge on any atom is 0.457 e. The van der Waals surface area contributed by atoms with Gasteiger partial charge in [0.1, 0.15) is 0 Å². The van der Waals surface area contributed by atoms with Crippen LogP contribution in [-0.4, -0.2) is 17.9 Å². The zero-order chi connectivity index (χ0) is 16.5. The Morgan fingerprint density at radius 1 is 0.762 bits per heavy atom. The summed E-state index contributed by atoms with van der Waals surface area (Å²) >= 11 is 0. The van der Waals surface area contributed by atoms with Gasteiger partial charge in [0.2, 0.25) is 5.78 Å². The summed E-state index contributed by atoms with van der Waals surface area (Å²) < 4.78 is 128. The lowest BCUT2D eigenvalue weighted by Crippen LogP contribution is -2.62. The molecule has 11 heteroatoms. The average molecular weight is 326 g/mol. The number of carbonyl (C=O) groups excluding carboxylic acids is 1. The number of benzene rings is 1. The molecule has 0 bridgehead atoms. The Hall–Kier alpha value is -1.81. The summed E-state index contributed by atoms with van der Waals surface area (Å²) in [7, 11) is 0. The van der Waals surface area contributed by atoms with Crippen LogP contribution in [0.4, 0.5) is 43.9 Å². The maximum absolute atomic E-state index is 13.8. The fourth-order valence-corrected chi connectivity index (χ4v) is 1.89. The monoisotopic (exact) mass is 326 g/mol. The molecule has 2 rings (SSSR count). The Balaban J connectivity index is 2.83. The molecule has 0 aromatic heterocycles. The van der Waals surface area contributed by atoms with Gasteiger partial charge in [0, 0.05) is 0 Å². The molecule has 1 atom stereocenters. The van der Waals surface area contributed by atoms with E-state index in [-0.39, 0.29) is 0 Å². The molecule has 21 heavy (non-hydrogen) atoms. The first-order chi connectivity index (χ1) is 9.30. The number of carbonyl (C=O) groups is 1. The molecule has 0 spiro atoms. The van der Waals surface area contributed by atoms with Gasteiger partial charge in [-0.15, -0.1) is 0 Å². The molecule has 0 aliphatic heterocycles. The fraction of sp³-hybridized carbons (Fsp3) is 0.300. The van der Waals surface area contributed by atoms with Gasteiger partial charge in [-0.05, 0) is 0 Å². The highest BCUT2D eigenvalue weighted by Gasteiger charge is 2.81. The van der Waals surface area contributed by atoms with Gasteiger partial charge >= 0.3 is 12.1 Å². The Labute approximate surface area is 108 Å². The molecule has 1 unspecified atom stereocenters. The zero-order valence-electron chi connectivity index (χ0n) is 9.19. The largest absolute Gasteiger partial charge is 0.457 e. The maximum atomic E-state index is 13.8. The van der Waals surface area contributed by atoms with Crippen LogP contribution in [0.3, 0.4) is 0 Å². The topological polar surface area (TPSA) is 17.1 Å². The summed E-state index contributed by atoms with van der Waals surface area (Å²) in [5, 5.41) is 0. The second-order valence-corrected chi connectivity index (χ2v) is 4.07. The molecule has 1 aliphatic rings. The minimum Gasteiger partial charge on any atom is -0.290 e. The van der Waals surface area contributed by atoms with Crippen molar-refractivity contribution in [2.24, 2.45) is 0 Å². The molecule has 0 saturated carbocycles. The Bertz CT molecular complexity index is 661. The van der Waals surface area contributed by atoms with Crippen LogP contribution in [-0.2, 0) is 5.67 Å². The number of Topliss-reactive ketones (excluding diaryl/α,β-unsaturated/α-hetero) is 1. The van der Waals surface area contributed by atoms with E-state index in [0.29, 0.717) is 0 Å². The lowest BCUT2D eigenvalue weighted by Gasteiger charge is -2.40. The summed E-state index contributed by atoms with van der Waals surface area (Å²) in [6.45, 7) is 0. The van der Waals surface area contributed by atoms with E-state index in [4.69, 9.17) is 0 Å². The first kappa shape index (κ1) is 15.6. The van der Waals surface area contributed by atoms with Crippen molar-refractivity contribution >= 4 is 5.78 Å². The third kappa shape index (κ3) is 1.51. The van der Waals surface area contributed by atoms with Crippen molar-refractivity contribution in [3.8, 4) is 0 Å². The molecule has 0 saturated heterocycles. The van der Waals surface area contributed by atoms with Crippen LogP contribution < -0.4 is 0 Å². The summed E-state index contributed by atoms with van der Waals surface area (Å²) in [6.07, 6.45) is -6.65. The van der Waals surface area contributed by atoms with Crippen LogP contribution in [0.15, 0.2) is 0 Å². The van der Waals surface area contributed by atoms with Crippen LogP contribution in [0.2, 0.25) is 0 Å². The van der Waals surface area contributed by atoms with Gasteiger partial charge < -0.3 is 0 Å². The van der Waals surface area contributed by atoms with Crippen molar-refractivity contribution < 1.29 is 48.7 Å². The minimum atomic E-state index is -6.65. The van der Waals surface area contributed by atoms with Crippen molar-refractivity contribution in [1.29, 1.82) is 0 Å². The van der Waals surface area contributed by atoms with E-state index in [1.165, 1.54) is 0 Å². The van der Waals surface area contributed by atoms with E-state index in [9.17, 15) is 48.7 Å². The molecule has 116 valence electrons. The van der Waals surface area contributed by atoms with Gasteiger partial charge in [0.15, 0.2) is 23.3 Å². The van der Waals surface area contributed by atoms with Gasteiger partial charge in [-0.2, -0.15) is 22.0 Å². The highest BCUT2D eigenvalue weighted by Crippen LogP contribution is 2.59. The molecular formula is C10F10O. The molecule has 1 aliphatic carbocycles. The van der Waals surface area contributed by atoms with Crippen molar-refractivity contribution in [2.75, 3.05) is 0 Å². The van der Waals surface area contributed by atoms with E-state index < -0.39 is 57.9 Å². The number of ketones is 1. The first-order valence-corrected chi connectivity index (χ1v) is 4.84. The molecule has 0 amide bonds. The quantitative estimate of drug-likeness (QED) is 0.436. The Kier molecular flexibility index (Phi) is 2.88.